The van der Waals surface area contributed by atoms with E-state index in [0.717, 1.165) is 7.11 Å². The van der Waals surface area contributed by atoms with Crippen LogP contribution in [0.3, 0.4) is 0 Å². The van der Waals surface area contributed by atoms with Crippen LogP contribution in [0.5, 0.6) is 0 Å². The SMILES string of the molecule is COC1(C(F)(F)F)CN(CC(=O)Nc2ccc(NC(C)=O)cc2)C1. The second-order valence-electron chi connectivity index (χ2n) is 5.65. The Morgan fingerprint density at radius 3 is 2.08 bits per heavy atom. The van der Waals surface area contributed by atoms with Gasteiger partial charge in [-0.1, -0.05) is 0 Å². The molecule has 0 atom stereocenters. The molecule has 0 bridgehead atoms. The zero-order chi connectivity index (χ0) is 18.0. The second kappa shape index (κ2) is 6.78. The van der Waals surface area contributed by atoms with Crippen LogP contribution in [0.4, 0.5) is 24.5 Å². The zero-order valence-electron chi connectivity index (χ0n) is 13.2. The Balaban J connectivity index is 1.83. The quantitative estimate of drug-likeness (QED) is 0.854. The molecule has 1 aromatic carbocycles. The highest BCUT2D eigenvalue weighted by atomic mass is 19.4. The van der Waals surface area contributed by atoms with Gasteiger partial charge >= 0.3 is 6.18 Å². The Morgan fingerprint density at radius 1 is 1.17 bits per heavy atom. The molecular weight excluding hydrogens is 327 g/mol. The van der Waals surface area contributed by atoms with Crippen LogP contribution in [-0.2, 0) is 14.3 Å². The van der Waals surface area contributed by atoms with Gasteiger partial charge in [0.2, 0.25) is 11.8 Å². The molecule has 1 aliphatic rings. The van der Waals surface area contributed by atoms with Gasteiger partial charge in [-0.25, -0.2) is 0 Å². The third kappa shape index (κ3) is 4.04. The van der Waals surface area contributed by atoms with E-state index < -0.39 is 17.7 Å². The molecule has 0 radical (unpaired) electrons. The third-order valence-corrected chi connectivity index (χ3v) is 3.72. The van der Waals surface area contributed by atoms with Crippen LogP contribution in [0.25, 0.3) is 0 Å². The van der Waals surface area contributed by atoms with Gasteiger partial charge < -0.3 is 15.4 Å². The number of alkyl halides is 3. The number of methoxy groups -OCH3 is 1. The summed E-state index contributed by atoms with van der Waals surface area (Å²) in [6, 6.07) is 6.41. The molecule has 0 spiro atoms. The molecule has 2 rings (SSSR count). The summed E-state index contributed by atoms with van der Waals surface area (Å²) in [6.45, 7) is 0.474. The van der Waals surface area contributed by atoms with Crippen LogP contribution >= 0.6 is 0 Å². The molecule has 1 heterocycles. The largest absolute Gasteiger partial charge is 0.419 e. The monoisotopic (exact) mass is 345 g/mol. The number of anilines is 2. The van der Waals surface area contributed by atoms with Gasteiger partial charge in [0.05, 0.1) is 6.54 Å². The fourth-order valence-electron chi connectivity index (χ4n) is 2.46. The van der Waals surface area contributed by atoms with Crippen molar-refractivity contribution in [1.82, 2.24) is 4.90 Å². The summed E-state index contributed by atoms with van der Waals surface area (Å²) in [5.74, 6) is -0.634. The van der Waals surface area contributed by atoms with Crippen LogP contribution in [0, 0.1) is 0 Å². The standard InChI is InChI=1S/C15H18F3N3O3/c1-10(22)19-11-3-5-12(6-4-11)20-13(23)7-21-8-14(9-21,24-2)15(16,17)18/h3-6H,7-9H2,1-2H3,(H,19,22)(H,20,23). The highest BCUT2D eigenvalue weighted by Gasteiger charge is 2.62. The van der Waals surface area contributed by atoms with E-state index in [0.29, 0.717) is 11.4 Å². The first-order valence-corrected chi connectivity index (χ1v) is 7.17. The minimum absolute atomic E-state index is 0.158. The Kier molecular flexibility index (Phi) is 5.14. The molecule has 1 saturated heterocycles. The van der Waals surface area contributed by atoms with Crippen LogP contribution < -0.4 is 10.6 Å². The number of nitrogens with zero attached hydrogens (tertiary/aromatic N) is 1. The van der Waals surface area contributed by atoms with E-state index in [9.17, 15) is 22.8 Å². The number of halogens is 3. The molecule has 1 aliphatic heterocycles. The lowest BCUT2D eigenvalue weighted by Crippen LogP contribution is -2.70. The van der Waals surface area contributed by atoms with Gasteiger partial charge in [-0.05, 0) is 24.3 Å². The van der Waals surface area contributed by atoms with Crippen molar-refractivity contribution in [2.45, 2.75) is 18.7 Å². The number of ether oxygens (including phenoxy) is 1. The van der Waals surface area contributed by atoms with Crippen molar-refractivity contribution in [3.8, 4) is 0 Å². The lowest BCUT2D eigenvalue weighted by atomic mass is 9.93. The van der Waals surface area contributed by atoms with Crippen molar-refractivity contribution in [3.63, 3.8) is 0 Å². The number of rotatable bonds is 5. The van der Waals surface area contributed by atoms with E-state index in [2.05, 4.69) is 15.4 Å². The molecule has 0 aromatic heterocycles. The highest BCUT2D eigenvalue weighted by Crippen LogP contribution is 2.40. The van der Waals surface area contributed by atoms with E-state index >= 15 is 0 Å². The smallest absolute Gasteiger partial charge is 0.366 e. The highest BCUT2D eigenvalue weighted by molar-refractivity contribution is 5.93. The van der Waals surface area contributed by atoms with Gasteiger partial charge in [-0.3, -0.25) is 14.5 Å². The Hall–Kier alpha value is -2.13. The number of nitrogens with one attached hydrogen (secondary N) is 2. The molecule has 24 heavy (non-hydrogen) atoms. The van der Waals surface area contributed by atoms with Gasteiger partial charge in [0.1, 0.15) is 0 Å². The van der Waals surface area contributed by atoms with Crippen molar-refractivity contribution in [2.75, 3.05) is 37.4 Å². The minimum Gasteiger partial charge on any atom is -0.366 e. The summed E-state index contributed by atoms with van der Waals surface area (Å²) in [5.41, 5.74) is -1.12. The molecule has 9 heteroatoms. The molecular formula is C15H18F3N3O3. The number of likely N-dealkylation sites (tertiary alicyclic amines) is 1. The predicted molar refractivity (Wildman–Crippen MR) is 81.6 cm³/mol. The molecule has 2 N–H and O–H groups in total. The summed E-state index contributed by atoms with van der Waals surface area (Å²) < 4.78 is 43.2. The van der Waals surface area contributed by atoms with Crippen LogP contribution in [-0.4, -0.2) is 55.2 Å². The molecule has 132 valence electrons. The van der Waals surface area contributed by atoms with Crippen molar-refractivity contribution >= 4 is 23.2 Å². The molecule has 6 nitrogen and oxygen atoms in total. The van der Waals surface area contributed by atoms with E-state index in [1.54, 1.807) is 24.3 Å². The molecule has 0 saturated carbocycles. The molecule has 1 aromatic rings. The number of benzene rings is 1. The average Bonchev–Trinajstić information content (AvgIpc) is 2.42. The van der Waals surface area contributed by atoms with Gasteiger partial charge in [0, 0.05) is 38.5 Å². The Bertz CT molecular complexity index is 611. The number of hydrogen-bond donors (Lipinski definition) is 2. The van der Waals surface area contributed by atoms with Gasteiger partial charge in [-0.2, -0.15) is 13.2 Å². The number of carbonyl (C=O) groups is 2. The minimum atomic E-state index is -4.46. The summed E-state index contributed by atoms with van der Waals surface area (Å²) in [7, 11) is 1.02. The van der Waals surface area contributed by atoms with E-state index in [4.69, 9.17) is 0 Å². The molecule has 1 fully saturated rings. The number of amides is 2. The first-order valence-electron chi connectivity index (χ1n) is 7.17. The van der Waals surface area contributed by atoms with Crippen molar-refractivity contribution in [3.05, 3.63) is 24.3 Å². The van der Waals surface area contributed by atoms with E-state index in [-0.39, 0.29) is 25.5 Å². The van der Waals surface area contributed by atoms with Crippen molar-refractivity contribution < 1.29 is 27.5 Å². The first-order chi connectivity index (χ1) is 11.1. The third-order valence-electron chi connectivity index (χ3n) is 3.72. The Labute approximate surface area is 137 Å². The van der Waals surface area contributed by atoms with Gasteiger partial charge in [0.15, 0.2) is 5.60 Å². The van der Waals surface area contributed by atoms with Crippen molar-refractivity contribution in [2.24, 2.45) is 0 Å². The molecule has 2 amide bonds. The topological polar surface area (TPSA) is 70.7 Å². The second-order valence-corrected chi connectivity index (χ2v) is 5.65. The van der Waals surface area contributed by atoms with Gasteiger partial charge in [0.25, 0.3) is 0 Å². The summed E-state index contributed by atoms with van der Waals surface area (Å²) in [4.78, 5) is 24.1. The van der Waals surface area contributed by atoms with E-state index in [1.165, 1.54) is 11.8 Å². The van der Waals surface area contributed by atoms with E-state index in [1.807, 2.05) is 0 Å². The lowest BCUT2D eigenvalue weighted by Gasteiger charge is -2.49. The number of carbonyl (C=O) groups excluding carboxylic acids is 2. The molecule has 0 unspecified atom stereocenters. The maximum atomic E-state index is 12.9. The fourth-order valence-corrected chi connectivity index (χ4v) is 2.46. The molecule has 0 aliphatic carbocycles. The Morgan fingerprint density at radius 2 is 1.67 bits per heavy atom. The van der Waals surface area contributed by atoms with Crippen LogP contribution in [0.1, 0.15) is 6.92 Å². The maximum absolute atomic E-state index is 12.9. The summed E-state index contributed by atoms with van der Waals surface area (Å²) in [6.07, 6.45) is -4.46. The predicted octanol–water partition coefficient (Wildman–Crippen LogP) is 1.85. The first kappa shape index (κ1) is 18.2. The zero-order valence-corrected chi connectivity index (χ0v) is 13.2. The normalized spacial score (nSPS) is 17.0. The van der Waals surface area contributed by atoms with Crippen LogP contribution in [0.2, 0.25) is 0 Å². The summed E-state index contributed by atoms with van der Waals surface area (Å²) >= 11 is 0. The average molecular weight is 345 g/mol. The van der Waals surface area contributed by atoms with Gasteiger partial charge in [-0.15, -0.1) is 0 Å². The van der Waals surface area contributed by atoms with Crippen LogP contribution in [0.15, 0.2) is 24.3 Å². The lowest BCUT2D eigenvalue weighted by molar-refractivity contribution is -0.309. The summed E-state index contributed by atoms with van der Waals surface area (Å²) in [5, 5.41) is 5.18. The van der Waals surface area contributed by atoms with Crippen molar-refractivity contribution in [1.29, 1.82) is 0 Å². The fraction of sp³-hybridized carbons (Fsp3) is 0.467. The maximum Gasteiger partial charge on any atom is 0.419 e. The number of hydrogen-bond acceptors (Lipinski definition) is 4.